The van der Waals surface area contributed by atoms with Crippen molar-refractivity contribution in [2.24, 2.45) is 11.3 Å². The van der Waals surface area contributed by atoms with Crippen LogP contribution in [0.3, 0.4) is 0 Å². The van der Waals surface area contributed by atoms with E-state index in [1.807, 2.05) is 44.2 Å². The third-order valence-electron chi connectivity index (χ3n) is 9.64. The molecule has 2 bridgehead atoms. The molecule has 2 aromatic carbocycles. The van der Waals surface area contributed by atoms with Crippen molar-refractivity contribution in [1.82, 2.24) is 0 Å². The van der Waals surface area contributed by atoms with Gasteiger partial charge < -0.3 is 28.8 Å². The maximum atomic E-state index is 13.7. The Labute approximate surface area is 262 Å². The maximum absolute atomic E-state index is 13.7. The fraction of sp³-hybridized carbons (Fsp3) is 0.486. The van der Waals surface area contributed by atoms with Crippen LogP contribution in [0.2, 0.25) is 0 Å². The highest BCUT2D eigenvalue weighted by atomic mass is 16.6. The quantitative estimate of drug-likeness (QED) is 0.257. The van der Waals surface area contributed by atoms with Crippen LogP contribution in [0.4, 0.5) is 0 Å². The van der Waals surface area contributed by atoms with E-state index in [2.05, 4.69) is 0 Å². The highest BCUT2D eigenvalue weighted by Gasteiger charge is 2.81. The number of ether oxygens (including phenoxy) is 5. The topological polar surface area (TPSA) is 135 Å². The Morgan fingerprint density at radius 3 is 2.16 bits per heavy atom. The number of fused-ring (bicyclic) bond motifs is 1. The highest BCUT2D eigenvalue weighted by molar-refractivity contribution is 5.89. The molecule has 1 spiro atoms. The van der Waals surface area contributed by atoms with Gasteiger partial charge >= 0.3 is 23.9 Å². The first-order valence-corrected chi connectivity index (χ1v) is 15.1. The van der Waals surface area contributed by atoms with E-state index in [0.29, 0.717) is 0 Å². The summed E-state index contributed by atoms with van der Waals surface area (Å²) in [6.07, 6.45) is -0.366. The first kappa shape index (κ1) is 32.4. The Balaban J connectivity index is 1.68. The number of carbonyl (C=O) groups is 4. The Hall–Kier alpha value is -4.02. The summed E-state index contributed by atoms with van der Waals surface area (Å²) in [5.74, 6) is -2.93. The van der Waals surface area contributed by atoms with E-state index in [-0.39, 0.29) is 30.7 Å². The van der Waals surface area contributed by atoms with E-state index >= 15 is 0 Å². The minimum atomic E-state index is -1.71. The molecule has 7 atom stereocenters. The molecule has 1 saturated heterocycles. The van der Waals surface area contributed by atoms with E-state index in [1.165, 1.54) is 19.9 Å². The molecule has 240 valence electrons. The SMILES string of the molecule is CC(=O)OC[C@]12[C@@H](OC(=O)C=Cc3ccccc3)C[C@H]3C[C@@]1(OC3(C)C)[C@@](C)(O)C[C@H](OC(C)=O)[C@H]2OC(=O)c1ccccc1. The van der Waals surface area contributed by atoms with E-state index < -0.39 is 71.0 Å². The number of esters is 4. The van der Waals surface area contributed by atoms with Crippen molar-refractivity contribution in [3.05, 3.63) is 77.9 Å². The molecule has 1 N–H and O–H groups in total. The van der Waals surface area contributed by atoms with Gasteiger partial charge in [0.25, 0.3) is 0 Å². The van der Waals surface area contributed by atoms with Gasteiger partial charge in [-0.2, -0.15) is 0 Å². The van der Waals surface area contributed by atoms with Crippen molar-refractivity contribution in [3.8, 4) is 0 Å². The van der Waals surface area contributed by atoms with Crippen LogP contribution in [0.25, 0.3) is 6.08 Å². The first-order chi connectivity index (χ1) is 21.2. The molecular formula is C35H40O10. The van der Waals surface area contributed by atoms with Gasteiger partial charge in [-0.15, -0.1) is 0 Å². The van der Waals surface area contributed by atoms with Gasteiger partial charge in [0.15, 0.2) is 6.10 Å². The number of carbonyl (C=O) groups excluding carboxylic acids is 4. The summed E-state index contributed by atoms with van der Waals surface area (Å²) in [4.78, 5) is 52.0. The molecule has 3 aliphatic rings. The summed E-state index contributed by atoms with van der Waals surface area (Å²) in [6, 6.07) is 17.5. The number of aliphatic hydroxyl groups is 1. The Kier molecular flexibility index (Phi) is 8.67. The summed E-state index contributed by atoms with van der Waals surface area (Å²) in [5, 5.41) is 12.3. The fourth-order valence-corrected chi connectivity index (χ4v) is 7.62. The van der Waals surface area contributed by atoms with Crippen LogP contribution in [0.15, 0.2) is 66.7 Å². The summed E-state index contributed by atoms with van der Waals surface area (Å²) >= 11 is 0. The summed E-state index contributed by atoms with van der Waals surface area (Å²) in [6.45, 7) is 7.34. The van der Waals surface area contributed by atoms with Crippen LogP contribution in [0, 0.1) is 11.3 Å². The Bertz CT molecular complexity index is 1470. The van der Waals surface area contributed by atoms with E-state index in [4.69, 9.17) is 23.7 Å². The molecule has 2 saturated carbocycles. The zero-order chi connectivity index (χ0) is 32.6. The second-order valence-electron chi connectivity index (χ2n) is 13.0. The summed E-state index contributed by atoms with van der Waals surface area (Å²) in [7, 11) is 0. The van der Waals surface area contributed by atoms with Gasteiger partial charge in [0.2, 0.25) is 0 Å². The van der Waals surface area contributed by atoms with Crippen molar-refractivity contribution in [3.63, 3.8) is 0 Å². The van der Waals surface area contributed by atoms with Gasteiger partial charge in [0.05, 0.1) is 16.8 Å². The van der Waals surface area contributed by atoms with Crippen molar-refractivity contribution in [1.29, 1.82) is 0 Å². The van der Waals surface area contributed by atoms with Crippen molar-refractivity contribution >= 4 is 30.0 Å². The zero-order valence-corrected chi connectivity index (χ0v) is 26.2. The molecule has 10 heteroatoms. The van der Waals surface area contributed by atoms with Gasteiger partial charge in [-0.1, -0.05) is 48.5 Å². The fourth-order valence-electron chi connectivity index (χ4n) is 7.62. The van der Waals surface area contributed by atoms with Gasteiger partial charge in [0, 0.05) is 26.3 Å². The molecule has 0 aromatic heterocycles. The molecule has 0 radical (unpaired) electrons. The minimum absolute atomic E-state index is 0.154. The number of benzene rings is 2. The van der Waals surface area contributed by atoms with Crippen LogP contribution < -0.4 is 0 Å². The molecular weight excluding hydrogens is 580 g/mol. The molecule has 1 heterocycles. The van der Waals surface area contributed by atoms with Crippen LogP contribution in [-0.2, 0) is 38.1 Å². The molecule has 10 nitrogen and oxygen atoms in total. The van der Waals surface area contributed by atoms with E-state index in [1.54, 1.807) is 43.3 Å². The normalized spacial score (nSPS) is 33.1. The van der Waals surface area contributed by atoms with Gasteiger partial charge in [-0.25, -0.2) is 9.59 Å². The summed E-state index contributed by atoms with van der Waals surface area (Å²) in [5.41, 5.74) is -4.75. The molecule has 3 fully saturated rings. The smallest absolute Gasteiger partial charge is 0.338 e. The molecule has 2 aromatic rings. The third kappa shape index (κ3) is 5.89. The predicted octanol–water partition coefficient (Wildman–Crippen LogP) is 4.43. The second-order valence-corrected chi connectivity index (χ2v) is 13.0. The largest absolute Gasteiger partial charge is 0.465 e. The van der Waals surface area contributed by atoms with Crippen LogP contribution in [-0.4, -0.2) is 70.7 Å². The van der Waals surface area contributed by atoms with Gasteiger partial charge in [-0.3, -0.25) is 9.59 Å². The first-order valence-electron chi connectivity index (χ1n) is 15.1. The second kappa shape index (κ2) is 12.1. The van der Waals surface area contributed by atoms with Crippen LogP contribution in [0.1, 0.15) is 69.8 Å². The Morgan fingerprint density at radius 2 is 1.53 bits per heavy atom. The average Bonchev–Trinajstić information content (AvgIpc) is 3.22. The lowest BCUT2D eigenvalue weighted by molar-refractivity contribution is -0.336. The molecule has 0 unspecified atom stereocenters. The molecule has 45 heavy (non-hydrogen) atoms. The number of hydrogen-bond donors (Lipinski definition) is 1. The monoisotopic (exact) mass is 620 g/mol. The molecule has 5 rings (SSSR count). The standard InChI is InChI=1S/C35H40O10/c1-22(36)41-21-34-28(43-29(38)17-16-24-12-8-6-9-13-24)18-26-19-35(34,45-32(26,3)4)33(5,40)20-27(42-23(2)37)30(34)44-31(39)25-14-10-7-11-15-25/h6-17,26-28,30,40H,18-21H2,1-5H3/t26-,27-,28-,30+,33-,34+,35+/m0/s1. The predicted molar refractivity (Wildman–Crippen MR) is 161 cm³/mol. The van der Waals surface area contributed by atoms with Crippen LogP contribution >= 0.6 is 0 Å². The average molecular weight is 621 g/mol. The molecule has 1 aliphatic heterocycles. The lowest BCUT2D eigenvalue weighted by Gasteiger charge is -2.64. The lowest BCUT2D eigenvalue weighted by atomic mass is 9.47. The molecule has 2 aliphatic carbocycles. The zero-order valence-electron chi connectivity index (χ0n) is 26.2. The van der Waals surface area contributed by atoms with Gasteiger partial charge in [0.1, 0.15) is 29.8 Å². The van der Waals surface area contributed by atoms with E-state index in [0.717, 1.165) is 5.56 Å². The number of rotatable bonds is 8. The van der Waals surface area contributed by atoms with Gasteiger partial charge in [-0.05, 0) is 63.3 Å². The van der Waals surface area contributed by atoms with Crippen LogP contribution in [0.5, 0.6) is 0 Å². The third-order valence-corrected chi connectivity index (χ3v) is 9.64. The van der Waals surface area contributed by atoms with Crippen molar-refractivity contribution in [2.45, 2.75) is 89.0 Å². The lowest BCUT2D eigenvalue weighted by Crippen LogP contribution is -2.79. The van der Waals surface area contributed by atoms with E-state index in [9.17, 15) is 24.3 Å². The maximum Gasteiger partial charge on any atom is 0.338 e. The van der Waals surface area contributed by atoms with Crippen molar-refractivity contribution < 1.29 is 48.0 Å². The molecule has 0 amide bonds. The minimum Gasteiger partial charge on any atom is -0.465 e. The van der Waals surface area contributed by atoms with Crippen molar-refractivity contribution in [2.75, 3.05) is 6.61 Å². The number of hydrogen-bond acceptors (Lipinski definition) is 10. The summed E-state index contributed by atoms with van der Waals surface area (Å²) < 4.78 is 30.7. The Morgan fingerprint density at radius 1 is 0.889 bits per heavy atom. The highest BCUT2D eigenvalue weighted by Crippen LogP contribution is 2.68.